The largest absolute Gasteiger partial charge is 0.370 e. The second kappa shape index (κ2) is 10.0. The second-order valence-electron chi connectivity index (χ2n) is 8.27. The van der Waals surface area contributed by atoms with Gasteiger partial charge in [-0.1, -0.05) is 0 Å². The molecule has 4 heterocycles. The van der Waals surface area contributed by atoms with Crippen molar-refractivity contribution in [2.45, 2.75) is 32.1 Å². The van der Waals surface area contributed by atoms with E-state index in [0.29, 0.717) is 38.5 Å². The summed E-state index contributed by atoms with van der Waals surface area (Å²) in [5.74, 6) is 0.437. The number of aromatic nitrogens is 2. The lowest BCUT2D eigenvalue weighted by molar-refractivity contribution is -0.135. The van der Waals surface area contributed by atoms with Gasteiger partial charge >= 0.3 is 0 Å². The summed E-state index contributed by atoms with van der Waals surface area (Å²) in [5, 5.41) is 3.18. The van der Waals surface area contributed by atoms with Crippen LogP contribution >= 0.6 is 0 Å². The molecule has 0 radical (unpaired) electrons. The van der Waals surface area contributed by atoms with E-state index < -0.39 is 0 Å². The third kappa shape index (κ3) is 5.59. The molecule has 0 aliphatic carbocycles. The smallest absolute Gasteiger partial charge is 0.248 e. The van der Waals surface area contributed by atoms with E-state index in [2.05, 4.69) is 15.3 Å². The molecule has 2 saturated heterocycles. The van der Waals surface area contributed by atoms with E-state index in [9.17, 15) is 14.0 Å². The Morgan fingerprint density at radius 2 is 2.19 bits per heavy atom. The van der Waals surface area contributed by atoms with Gasteiger partial charge in [0.05, 0.1) is 12.8 Å². The van der Waals surface area contributed by atoms with Gasteiger partial charge in [-0.25, -0.2) is 9.37 Å². The Kier molecular flexibility index (Phi) is 6.94. The van der Waals surface area contributed by atoms with E-state index in [1.807, 2.05) is 24.0 Å². The standard InChI is InChI=1S/C23H28FN5O3/c1-16-11-19(27-21-5-4-18(24)13-25-21)12-20(26-16)17-6-8-29(14-17)23(31)15-32-10-9-28-7-2-3-22(28)30/h4-5,11-13,17H,2-3,6-10,14-15H2,1H3,(H,25,26,27)/t17-/m1/s1. The van der Waals surface area contributed by atoms with Crippen molar-refractivity contribution < 1.29 is 18.7 Å². The highest BCUT2D eigenvalue weighted by atomic mass is 19.1. The summed E-state index contributed by atoms with van der Waals surface area (Å²) < 4.78 is 18.6. The topological polar surface area (TPSA) is 87.7 Å². The number of aryl methyl sites for hydroxylation is 1. The van der Waals surface area contributed by atoms with Crippen LogP contribution in [0, 0.1) is 12.7 Å². The number of hydrogen-bond donors (Lipinski definition) is 1. The van der Waals surface area contributed by atoms with Crippen LogP contribution in [0.3, 0.4) is 0 Å². The maximum atomic E-state index is 13.1. The van der Waals surface area contributed by atoms with Crippen molar-refractivity contribution in [3.63, 3.8) is 0 Å². The van der Waals surface area contributed by atoms with Crippen LogP contribution in [0.25, 0.3) is 0 Å². The van der Waals surface area contributed by atoms with Crippen LogP contribution in [-0.4, -0.2) is 71.0 Å². The zero-order valence-corrected chi connectivity index (χ0v) is 18.2. The molecule has 2 aliphatic heterocycles. The molecule has 0 aromatic carbocycles. The normalized spacial score (nSPS) is 18.4. The van der Waals surface area contributed by atoms with Crippen molar-refractivity contribution in [3.05, 3.63) is 47.7 Å². The number of carbonyl (C=O) groups excluding carboxylic acids is 2. The SMILES string of the molecule is Cc1cc(Nc2ccc(F)cn2)cc([C@@H]2CCN(C(=O)COCCN3CCCC3=O)C2)n1. The summed E-state index contributed by atoms with van der Waals surface area (Å²) >= 11 is 0. The number of likely N-dealkylation sites (tertiary alicyclic amines) is 2. The maximum absolute atomic E-state index is 13.1. The number of amides is 2. The quantitative estimate of drug-likeness (QED) is 0.634. The van der Waals surface area contributed by atoms with E-state index in [1.165, 1.54) is 12.3 Å². The Bertz CT molecular complexity index is 969. The van der Waals surface area contributed by atoms with Gasteiger partial charge in [-0.3, -0.25) is 14.6 Å². The first-order valence-electron chi connectivity index (χ1n) is 11.0. The Morgan fingerprint density at radius 1 is 1.31 bits per heavy atom. The number of carbonyl (C=O) groups is 2. The predicted octanol–water partition coefficient (Wildman–Crippen LogP) is 2.62. The number of nitrogens with one attached hydrogen (secondary N) is 1. The Balaban J connectivity index is 1.28. The van der Waals surface area contributed by atoms with Crippen LogP contribution in [0.2, 0.25) is 0 Å². The van der Waals surface area contributed by atoms with E-state index >= 15 is 0 Å². The van der Waals surface area contributed by atoms with Crippen LogP contribution in [0.1, 0.15) is 36.6 Å². The molecule has 0 saturated carbocycles. The zero-order chi connectivity index (χ0) is 22.5. The van der Waals surface area contributed by atoms with Crippen molar-refractivity contribution in [2.24, 2.45) is 0 Å². The third-order valence-corrected chi connectivity index (χ3v) is 5.83. The predicted molar refractivity (Wildman–Crippen MR) is 117 cm³/mol. The number of hydrogen-bond acceptors (Lipinski definition) is 6. The lowest BCUT2D eigenvalue weighted by Gasteiger charge is -2.18. The summed E-state index contributed by atoms with van der Waals surface area (Å²) in [6, 6.07) is 6.81. The molecule has 32 heavy (non-hydrogen) atoms. The van der Waals surface area contributed by atoms with Gasteiger partial charge in [0.2, 0.25) is 11.8 Å². The highest BCUT2D eigenvalue weighted by molar-refractivity contribution is 5.78. The number of nitrogens with zero attached hydrogens (tertiary/aromatic N) is 4. The van der Waals surface area contributed by atoms with Gasteiger partial charge in [-0.15, -0.1) is 0 Å². The highest BCUT2D eigenvalue weighted by Gasteiger charge is 2.28. The average Bonchev–Trinajstić information content (AvgIpc) is 3.42. The molecule has 9 heteroatoms. The first-order chi connectivity index (χ1) is 15.5. The molecule has 4 rings (SSSR count). The fraction of sp³-hybridized carbons (Fsp3) is 0.478. The van der Waals surface area contributed by atoms with Crippen LogP contribution in [0.15, 0.2) is 30.5 Å². The molecule has 2 aliphatic rings. The molecule has 2 aromatic heterocycles. The Hall–Kier alpha value is -3.07. The van der Waals surface area contributed by atoms with Gasteiger partial charge in [0.15, 0.2) is 0 Å². The first kappa shape index (κ1) is 22.1. The number of anilines is 2. The van der Waals surface area contributed by atoms with Gasteiger partial charge in [-0.2, -0.15) is 0 Å². The van der Waals surface area contributed by atoms with Crippen LogP contribution in [0.5, 0.6) is 0 Å². The van der Waals surface area contributed by atoms with Crippen molar-refractivity contribution in [1.29, 1.82) is 0 Å². The van der Waals surface area contributed by atoms with Crippen molar-refractivity contribution in [3.8, 4) is 0 Å². The van der Waals surface area contributed by atoms with Crippen LogP contribution in [0.4, 0.5) is 15.9 Å². The molecule has 2 amide bonds. The molecule has 0 spiro atoms. The molecule has 170 valence electrons. The lowest BCUT2D eigenvalue weighted by atomic mass is 10.0. The fourth-order valence-corrected chi connectivity index (χ4v) is 4.17. The molecular weight excluding hydrogens is 413 g/mol. The van der Waals surface area contributed by atoms with Crippen LogP contribution in [-0.2, 0) is 14.3 Å². The molecule has 2 fully saturated rings. The number of halogens is 1. The average molecular weight is 442 g/mol. The molecule has 2 aromatic rings. The summed E-state index contributed by atoms with van der Waals surface area (Å²) in [7, 11) is 0. The monoisotopic (exact) mass is 441 g/mol. The van der Waals surface area contributed by atoms with Gasteiger partial charge in [-0.05, 0) is 44.0 Å². The molecule has 0 unspecified atom stereocenters. The van der Waals surface area contributed by atoms with Crippen LogP contribution < -0.4 is 5.32 Å². The maximum Gasteiger partial charge on any atom is 0.248 e. The summed E-state index contributed by atoms with van der Waals surface area (Å²) in [4.78, 5) is 36.4. The minimum atomic E-state index is -0.383. The van der Waals surface area contributed by atoms with E-state index in [0.717, 1.165) is 36.5 Å². The van der Waals surface area contributed by atoms with Crippen molar-refractivity contribution in [2.75, 3.05) is 44.7 Å². The van der Waals surface area contributed by atoms with Gasteiger partial charge < -0.3 is 19.9 Å². The molecule has 8 nitrogen and oxygen atoms in total. The minimum Gasteiger partial charge on any atom is -0.370 e. The van der Waals surface area contributed by atoms with E-state index in [4.69, 9.17) is 4.74 Å². The highest BCUT2D eigenvalue weighted by Crippen LogP contribution is 2.29. The van der Waals surface area contributed by atoms with Crippen molar-refractivity contribution >= 4 is 23.3 Å². The number of ether oxygens (including phenoxy) is 1. The molecule has 1 atom stereocenters. The summed E-state index contributed by atoms with van der Waals surface area (Å²) in [6.45, 7) is 4.90. The lowest BCUT2D eigenvalue weighted by Crippen LogP contribution is -2.34. The minimum absolute atomic E-state index is 0.0268. The third-order valence-electron chi connectivity index (χ3n) is 5.83. The summed E-state index contributed by atoms with van der Waals surface area (Å²) in [5.41, 5.74) is 2.60. The van der Waals surface area contributed by atoms with Gasteiger partial charge in [0.25, 0.3) is 0 Å². The molecule has 0 bridgehead atoms. The Labute approximate surface area is 186 Å². The zero-order valence-electron chi connectivity index (χ0n) is 18.2. The number of rotatable bonds is 8. The number of pyridine rings is 2. The second-order valence-corrected chi connectivity index (χ2v) is 8.27. The van der Waals surface area contributed by atoms with Gasteiger partial charge in [0.1, 0.15) is 18.2 Å². The Morgan fingerprint density at radius 3 is 2.94 bits per heavy atom. The van der Waals surface area contributed by atoms with Crippen molar-refractivity contribution in [1.82, 2.24) is 19.8 Å². The molecular formula is C23H28FN5O3. The fourth-order valence-electron chi connectivity index (χ4n) is 4.17. The molecule has 1 N–H and O–H groups in total. The van der Waals surface area contributed by atoms with Gasteiger partial charge in [0, 0.05) is 55.6 Å². The van der Waals surface area contributed by atoms with E-state index in [1.54, 1.807) is 11.0 Å². The van der Waals surface area contributed by atoms with E-state index in [-0.39, 0.29) is 30.2 Å². The summed E-state index contributed by atoms with van der Waals surface area (Å²) in [6.07, 6.45) is 3.51. The first-order valence-corrected chi connectivity index (χ1v) is 11.0.